The molecule has 2 rings (SSSR count). The van der Waals surface area contributed by atoms with Crippen molar-refractivity contribution in [2.24, 2.45) is 5.92 Å². The van der Waals surface area contributed by atoms with Gasteiger partial charge in [0, 0.05) is 17.9 Å². The number of carbonyl (C=O) groups is 3. The molecule has 2 N–H and O–H groups in total. The van der Waals surface area contributed by atoms with Crippen LogP contribution in [0.3, 0.4) is 0 Å². The number of benzene rings is 2. The first-order valence-electron chi connectivity index (χ1n) is 7.71. The minimum atomic E-state index is -1.80. The molecule has 0 fully saturated rings. The van der Waals surface area contributed by atoms with Crippen molar-refractivity contribution < 1.29 is 33.7 Å². The highest BCUT2D eigenvalue weighted by atomic mass is 19.1. The molecule has 1 atom stereocenters. The number of methoxy groups -OCH3 is 1. The van der Waals surface area contributed by atoms with Gasteiger partial charge in [0.05, 0.1) is 7.11 Å². The lowest BCUT2D eigenvalue weighted by Gasteiger charge is -2.21. The van der Waals surface area contributed by atoms with E-state index >= 15 is 0 Å². The lowest BCUT2D eigenvalue weighted by molar-refractivity contribution is -0.155. The number of hydrogen-bond acceptors (Lipinski definition) is 4. The summed E-state index contributed by atoms with van der Waals surface area (Å²) in [5.41, 5.74) is 0.565. The van der Waals surface area contributed by atoms with Crippen molar-refractivity contribution in [3.63, 3.8) is 0 Å². The average Bonchev–Trinajstić information content (AvgIpc) is 2.61. The van der Waals surface area contributed by atoms with Crippen LogP contribution in [0.2, 0.25) is 0 Å². The summed E-state index contributed by atoms with van der Waals surface area (Å²) in [5, 5.41) is 18.7. The highest BCUT2D eigenvalue weighted by Gasteiger charge is 2.37. The maximum Gasteiger partial charge on any atom is 0.318 e. The third kappa shape index (κ3) is 4.44. The summed E-state index contributed by atoms with van der Waals surface area (Å²) < 4.78 is 18.0. The van der Waals surface area contributed by atoms with Crippen LogP contribution in [-0.2, 0) is 9.59 Å². The summed E-state index contributed by atoms with van der Waals surface area (Å²) in [4.78, 5) is 35.4. The quantitative estimate of drug-likeness (QED) is 0.554. The van der Waals surface area contributed by atoms with Crippen LogP contribution >= 0.6 is 0 Å². The van der Waals surface area contributed by atoms with Gasteiger partial charge < -0.3 is 14.9 Å². The van der Waals surface area contributed by atoms with Gasteiger partial charge in [0.25, 0.3) is 0 Å². The predicted octanol–water partition coefficient (Wildman–Crippen LogP) is 2.98. The summed E-state index contributed by atoms with van der Waals surface area (Å²) in [7, 11) is 1.46. The summed E-state index contributed by atoms with van der Waals surface area (Å²) >= 11 is 0. The van der Waals surface area contributed by atoms with Gasteiger partial charge in [-0.25, -0.2) is 4.39 Å². The van der Waals surface area contributed by atoms with Crippen LogP contribution in [0.25, 0.3) is 0 Å². The van der Waals surface area contributed by atoms with Crippen molar-refractivity contribution in [2.75, 3.05) is 7.11 Å². The zero-order valence-electron chi connectivity index (χ0n) is 13.9. The number of rotatable bonds is 8. The third-order valence-corrected chi connectivity index (χ3v) is 4.05. The zero-order valence-corrected chi connectivity index (χ0v) is 13.9. The highest BCUT2D eigenvalue weighted by molar-refractivity contribution is 5.99. The largest absolute Gasteiger partial charge is 0.497 e. The second-order valence-corrected chi connectivity index (χ2v) is 5.67. The minimum absolute atomic E-state index is 0.180. The molecule has 0 radical (unpaired) electrons. The molecule has 6 nitrogen and oxygen atoms in total. The molecule has 0 aliphatic heterocycles. The van der Waals surface area contributed by atoms with E-state index in [1.807, 2.05) is 0 Å². The average molecular weight is 360 g/mol. The van der Waals surface area contributed by atoms with Gasteiger partial charge in [-0.05, 0) is 42.0 Å². The van der Waals surface area contributed by atoms with E-state index in [4.69, 9.17) is 4.74 Å². The second-order valence-electron chi connectivity index (χ2n) is 5.67. The molecular formula is C19H17FO6. The van der Waals surface area contributed by atoms with Crippen LogP contribution in [0.4, 0.5) is 4.39 Å². The zero-order chi connectivity index (χ0) is 19.3. The fourth-order valence-corrected chi connectivity index (χ4v) is 2.68. The normalized spacial score (nSPS) is 11.8. The van der Waals surface area contributed by atoms with Crippen LogP contribution in [0.1, 0.15) is 28.3 Å². The number of halogens is 1. The Bertz CT molecular complexity index is 784. The lowest BCUT2D eigenvalue weighted by Crippen LogP contribution is -2.31. The van der Waals surface area contributed by atoms with E-state index in [1.165, 1.54) is 31.4 Å². The Kier molecular flexibility index (Phi) is 6.06. The Morgan fingerprint density at radius 2 is 1.50 bits per heavy atom. The highest BCUT2D eigenvalue weighted by Crippen LogP contribution is 2.31. The number of carboxylic acids is 2. The topological polar surface area (TPSA) is 101 Å². The molecule has 0 saturated carbocycles. The van der Waals surface area contributed by atoms with E-state index < -0.39 is 35.4 Å². The van der Waals surface area contributed by atoms with Crippen LogP contribution < -0.4 is 4.74 Å². The molecule has 26 heavy (non-hydrogen) atoms. The van der Waals surface area contributed by atoms with Crippen LogP contribution in [0, 0.1) is 11.7 Å². The Morgan fingerprint density at radius 1 is 0.962 bits per heavy atom. The second kappa shape index (κ2) is 8.24. The summed E-state index contributed by atoms with van der Waals surface area (Å²) in [6, 6.07) is 11.0. The van der Waals surface area contributed by atoms with Crippen LogP contribution in [0.5, 0.6) is 5.75 Å². The van der Waals surface area contributed by atoms with Crippen LogP contribution in [-0.4, -0.2) is 35.0 Å². The van der Waals surface area contributed by atoms with Crippen molar-refractivity contribution in [2.45, 2.75) is 12.3 Å². The molecule has 0 saturated heterocycles. The maximum atomic E-state index is 13.0. The van der Waals surface area contributed by atoms with Crippen molar-refractivity contribution >= 4 is 17.7 Å². The van der Waals surface area contributed by atoms with Gasteiger partial charge in [0.1, 0.15) is 11.6 Å². The van der Waals surface area contributed by atoms with Gasteiger partial charge >= 0.3 is 11.9 Å². The van der Waals surface area contributed by atoms with Gasteiger partial charge in [-0.2, -0.15) is 0 Å². The van der Waals surface area contributed by atoms with Gasteiger partial charge in [-0.15, -0.1) is 0 Å². The lowest BCUT2D eigenvalue weighted by atomic mass is 9.81. The number of aliphatic carboxylic acids is 2. The van der Waals surface area contributed by atoms with Gasteiger partial charge in [-0.3, -0.25) is 14.4 Å². The molecule has 136 valence electrons. The Labute approximate surface area is 148 Å². The molecule has 1 unspecified atom stereocenters. The van der Waals surface area contributed by atoms with Crippen molar-refractivity contribution in [1.29, 1.82) is 0 Å². The van der Waals surface area contributed by atoms with Gasteiger partial charge in [-0.1, -0.05) is 12.1 Å². The van der Waals surface area contributed by atoms with Crippen molar-refractivity contribution in [3.8, 4) is 5.75 Å². The molecule has 2 aromatic carbocycles. The van der Waals surface area contributed by atoms with E-state index in [0.717, 1.165) is 12.1 Å². The Hall–Kier alpha value is -3.22. The molecular weight excluding hydrogens is 343 g/mol. The van der Waals surface area contributed by atoms with Crippen LogP contribution in [0.15, 0.2) is 48.5 Å². The molecule has 0 spiro atoms. The summed E-state index contributed by atoms with van der Waals surface area (Å²) in [6.07, 6.45) is -0.346. The molecule has 2 aromatic rings. The molecule has 0 aromatic heterocycles. The number of carboxylic acid groups (broad SMARTS) is 2. The van der Waals surface area contributed by atoms with Gasteiger partial charge in [0.15, 0.2) is 11.7 Å². The van der Waals surface area contributed by atoms with Crippen molar-refractivity contribution in [1.82, 2.24) is 0 Å². The molecule has 0 amide bonds. The Balaban J connectivity index is 2.38. The predicted molar refractivity (Wildman–Crippen MR) is 89.8 cm³/mol. The molecule has 7 heteroatoms. The molecule has 0 aliphatic rings. The summed E-state index contributed by atoms with van der Waals surface area (Å²) in [6.45, 7) is 0. The first-order valence-corrected chi connectivity index (χ1v) is 7.71. The van der Waals surface area contributed by atoms with E-state index in [0.29, 0.717) is 11.3 Å². The number of ether oxygens (including phenoxy) is 1. The number of hydrogen-bond donors (Lipinski definition) is 2. The monoisotopic (exact) mass is 360 g/mol. The number of Topliss-reactive ketones (excluding diaryl/α,β-unsaturated/α-hetero) is 1. The van der Waals surface area contributed by atoms with Crippen molar-refractivity contribution in [3.05, 3.63) is 65.5 Å². The van der Waals surface area contributed by atoms with E-state index in [2.05, 4.69) is 0 Å². The smallest absolute Gasteiger partial charge is 0.318 e. The third-order valence-electron chi connectivity index (χ3n) is 4.05. The fourth-order valence-electron chi connectivity index (χ4n) is 2.68. The Morgan fingerprint density at radius 3 is 1.96 bits per heavy atom. The molecule has 0 heterocycles. The van der Waals surface area contributed by atoms with Gasteiger partial charge in [0.2, 0.25) is 0 Å². The standard InChI is InChI=1S/C19H17FO6/c1-26-14-8-4-11(5-9-14)15(17(18(22)23)19(24)25)10-16(21)12-2-6-13(20)7-3-12/h2-9,15,17H,10H2,1H3,(H,22,23)(H,24,25). The van der Waals surface area contributed by atoms with E-state index in [-0.39, 0.29) is 12.0 Å². The number of carbonyl (C=O) groups excluding carboxylic acids is 1. The molecule has 0 aliphatic carbocycles. The fraction of sp³-hybridized carbons (Fsp3) is 0.211. The number of ketones is 1. The molecule has 0 bridgehead atoms. The first kappa shape index (κ1) is 19.1. The summed E-state index contributed by atoms with van der Waals surface area (Å²) in [5.74, 6) is -6.43. The minimum Gasteiger partial charge on any atom is -0.497 e. The van der Waals surface area contributed by atoms with E-state index in [9.17, 15) is 29.0 Å². The maximum absolute atomic E-state index is 13.0. The SMILES string of the molecule is COc1ccc(C(CC(=O)c2ccc(F)cc2)C(C(=O)O)C(=O)O)cc1. The first-order chi connectivity index (χ1) is 12.3. The van der Waals surface area contributed by atoms with E-state index in [1.54, 1.807) is 12.1 Å².